The summed E-state index contributed by atoms with van der Waals surface area (Å²) in [4.78, 5) is 33.7. The molecule has 194 valence electrons. The Bertz CT molecular complexity index is 1850. The predicted molar refractivity (Wildman–Crippen MR) is 148 cm³/mol. The molecular weight excluding hydrogens is 495 g/mol. The lowest BCUT2D eigenvalue weighted by Gasteiger charge is -2.17. The van der Waals surface area contributed by atoms with Crippen molar-refractivity contribution in [3.8, 4) is 33.8 Å². The second kappa shape index (κ2) is 9.39. The normalized spacial score (nSPS) is 11.8. The van der Waals surface area contributed by atoms with E-state index in [4.69, 9.17) is 4.98 Å². The number of benzene rings is 1. The van der Waals surface area contributed by atoms with Crippen molar-refractivity contribution in [3.63, 3.8) is 0 Å². The summed E-state index contributed by atoms with van der Waals surface area (Å²) in [5, 5.41) is 11.1. The summed E-state index contributed by atoms with van der Waals surface area (Å²) < 4.78 is 13.9. The molecule has 39 heavy (non-hydrogen) atoms. The van der Waals surface area contributed by atoms with Gasteiger partial charge in [-0.25, -0.2) is 19.3 Å². The topological polar surface area (TPSA) is 125 Å². The minimum atomic E-state index is -0.322. The fourth-order valence-corrected chi connectivity index (χ4v) is 4.51. The van der Waals surface area contributed by atoms with E-state index in [1.54, 1.807) is 30.9 Å². The summed E-state index contributed by atoms with van der Waals surface area (Å²) in [5.74, 6) is 0.119. The predicted octanol–water partition coefficient (Wildman–Crippen LogP) is 6.14. The van der Waals surface area contributed by atoms with Crippen LogP contribution >= 0.6 is 0 Å². The quantitative estimate of drug-likeness (QED) is 0.251. The second-order valence-electron chi connectivity index (χ2n) is 10.6. The molecule has 6 rings (SSSR count). The molecule has 6 aromatic rings. The van der Waals surface area contributed by atoms with Gasteiger partial charge in [0, 0.05) is 41.7 Å². The van der Waals surface area contributed by atoms with Gasteiger partial charge in [-0.3, -0.25) is 14.9 Å². The van der Waals surface area contributed by atoms with E-state index in [1.807, 2.05) is 45.0 Å². The average Bonchev–Trinajstić information content (AvgIpc) is 3.51. The van der Waals surface area contributed by atoms with Crippen LogP contribution in [0, 0.1) is 11.2 Å². The standard InChI is InChI=1S/C29H25FN8O/c1-29(2,3)12-23(39)34-20-10-17(13-31-15-20)18-11-22-25(37-38-26(22)33-14-18)28-35-24-21(7-8-32-27(24)36-28)16-5-4-6-19(30)9-16/h4-11,13-15H,12H2,1-3H3,(H,34,39)(H,32,35,36)(H,33,37,38). The summed E-state index contributed by atoms with van der Waals surface area (Å²) in [6, 6.07) is 12.0. The lowest BCUT2D eigenvalue weighted by Crippen LogP contribution is -2.19. The minimum absolute atomic E-state index is 0.0664. The van der Waals surface area contributed by atoms with E-state index in [9.17, 15) is 9.18 Å². The van der Waals surface area contributed by atoms with Gasteiger partial charge in [0.1, 0.15) is 17.0 Å². The smallest absolute Gasteiger partial charge is 0.224 e. The van der Waals surface area contributed by atoms with Crippen molar-refractivity contribution >= 4 is 33.8 Å². The summed E-state index contributed by atoms with van der Waals surface area (Å²) in [6.45, 7) is 6.06. The number of anilines is 1. The molecule has 10 heteroatoms. The van der Waals surface area contributed by atoms with Gasteiger partial charge in [0.15, 0.2) is 17.1 Å². The van der Waals surface area contributed by atoms with Crippen LogP contribution in [0.2, 0.25) is 0 Å². The largest absolute Gasteiger partial charge is 0.325 e. The molecule has 0 aliphatic carbocycles. The van der Waals surface area contributed by atoms with Gasteiger partial charge in [0.05, 0.1) is 17.3 Å². The monoisotopic (exact) mass is 520 g/mol. The zero-order valence-corrected chi connectivity index (χ0v) is 21.6. The maximum atomic E-state index is 13.9. The number of fused-ring (bicyclic) bond motifs is 2. The number of rotatable bonds is 5. The summed E-state index contributed by atoms with van der Waals surface area (Å²) in [7, 11) is 0. The van der Waals surface area contributed by atoms with Gasteiger partial charge in [0.25, 0.3) is 0 Å². The zero-order chi connectivity index (χ0) is 27.1. The van der Waals surface area contributed by atoms with Crippen molar-refractivity contribution < 1.29 is 9.18 Å². The van der Waals surface area contributed by atoms with Gasteiger partial charge >= 0.3 is 0 Å². The van der Waals surface area contributed by atoms with Gasteiger partial charge in [-0.15, -0.1) is 0 Å². The molecule has 0 saturated carbocycles. The lowest BCUT2D eigenvalue weighted by atomic mass is 9.92. The van der Waals surface area contributed by atoms with Gasteiger partial charge < -0.3 is 10.3 Å². The molecule has 5 heterocycles. The Hall–Kier alpha value is -4.99. The third-order valence-corrected chi connectivity index (χ3v) is 6.21. The van der Waals surface area contributed by atoms with Crippen LogP contribution in [-0.4, -0.2) is 41.0 Å². The molecule has 0 fully saturated rings. The zero-order valence-electron chi connectivity index (χ0n) is 21.6. The highest BCUT2D eigenvalue weighted by atomic mass is 19.1. The van der Waals surface area contributed by atoms with E-state index < -0.39 is 0 Å². The Morgan fingerprint density at radius 3 is 2.64 bits per heavy atom. The second-order valence-corrected chi connectivity index (χ2v) is 10.6. The molecule has 0 saturated heterocycles. The van der Waals surface area contributed by atoms with Crippen molar-refractivity contribution in [1.82, 2.24) is 35.1 Å². The average molecular weight is 521 g/mol. The molecule has 0 aliphatic rings. The number of H-pyrrole nitrogens is 2. The van der Waals surface area contributed by atoms with Gasteiger partial charge in [-0.2, -0.15) is 5.10 Å². The van der Waals surface area contributed by atoms with Crippen LogP contribution in [0.5, 0.6) is 0 Å². The Morgan fingerprint density at radius 2 is 1.82 bits per heavy atom. The molecule has 0 radical (unpaired) electrons. The van der Waals surface area contributed by atoms with E-state index in [1.165, 1.54) is 12.1 Å². The highest BCUT2D eigenvalue weighted by molar-refractivity contribution is 5.96. The van der Waals surface area contributed by atoms with E-state index in [2.05, 4.69) is 35.5 Å². The van der Waals surface area contributed by atoms with Gasteiger partial charge in [-0.1, -0.05) is 32.9 Å². The number of carbonyl (C=O) groups excluding carboxylic acids is 1. The highest BCUT2D eigenvalue weighted by Crippen LogP contribution is 2.32. The molecular formula is C29H25FN8O. The number of halogens is 1. The Labute approximate surface area is 223 Å². The van der Waals surface area contributed by atoms with E-state index in [0.29, 0.717) is 46.0 Å². The van der Waals surface area contributed by atoms with Crippen LogP contribution in [0.3, 0.4) is 0 Å². The first kappa shape index (κ1) is 24.4. The molecule has 9 nitrogen and oxygen atoms in total. The van der Waals surface area contributed by atoms with Crippen LogP contribution in [0.25, 0.3) is 56.0 Å². The summed E-state index contributed by atoms with van der Waals surface area (Å²) >= 11 is 0. The van der Waals surface area contributed by atoms with Crippen LogP contribution in [0.1, 0.15) is 27.2 Å². The van der Waals surface area contributed by atoms with Gasteiger partial charge in [-0.05, 0) is 41.3 Å². The van der Waals surface area contributed by atoms with Crippen LogP contribution in [-0.2, 0) is 4.79 Å². The molecule has 0 bridgehead atoms. The van der Waals surface area contributed by atoms with Crippen molar-refractivity contribution in [3.05, 3.63) is 73.1 Å². The minimum Gasteiger partial charge on any atom is -0.325 e. The lowest BCUT2D eigenvalue weighted by molar-refractivity contribution is -0.117. The number of amides is 1. The van der Waals surface area contributed by atoms with Crippen LogP contribution in [0.4, 0.5) is 10.1 Å². The van der Waals surface area contributed by atoms with E-state index >= 15 is 0 Å². The molecule has 1 aromatic carbocycles. The number of hydrogen-bond acceptors (Lipinski definition) is 6. The van der Waals surface area contributed by atoms with E-state index in [0.717, 1.165) is 22.1 Å². The summed E-state index contributed by atoms with van der Waals surface area (Å²) in [5.41, 5.74) is 5.91. The molecule has 3 N–H and O–H groups in total. The fourth-order valence-electron chi connectivity index (χ4n) is 4.51. The number of aromatic amines is 2. The number of aromatic nitrogens is 7. The maximum absolute atomic E-state index is 13.9. The molecule has 1 amide bonds. The number of carbonyl (C=O) groups is 1. The maximum Gasteiger partial charge on any atom is 0.224 e. The van der Waals surface area contributed by atoms with Crippen LogP contribution < -0.4 is 5.32 Å². The number of nitrogens with one attached hydrogen (secondary N) is 3. The highest BCUT2D eigenvalue weighted by Gasteiger charge is 2.18. The van der Waals surface area contributed by atoms with Crippen molar-refractivity contribution in [2.45, 2.75) is 27.2 Å². The van der Waals surface area contributed by atoms with Crippen molar-refractivity contribution in [2.24, 2.45) is 5.41 Å². The van der Waals surface area contributed by atoms with Crippen molar-refractivity contribution in [2.75, 3.05) is 5.32 Å². The summed E-state index contributed by atoms with van der Waals surface area (Å²) in [6.07, 6.45) is 7.13. The Balaban J connectivity index is 1.37. The molecule has 0 atom stereocenters. The number of pyridine rings is 3. The molecule has 5 aromatic heterocycles. The van der Waals surface area contributed by atoms with Gasteiger partial charge in [0.2, 0.25) is 5.91 Å². The molecule has 0 unspecified atom stereocenters. The first-order chi connectivity index (χ1) is 18.7. The Kier molecular flexibility index (Phi) is 5.86. The fraction of sp³-hybridized carbons (Fsp3) is 0.172. The third-order valence-electron chi connectivity index (χ3n) is 6.21. The van der Waals surface area contributed by atoms with E-state index in [-0.39, 0.29) is 17.1 Å². The SMILES string of the molecule is CC(C)(C)CC(=O)Nc1cncc(-c2cnc3[nH]nc(-c4nc5c(-c6cccc(F)c6)ccnc5[nH]4)c3c2)c1. The van der Waals surface area contributed by atoms with Crippen molar-refractivity contribution in [1.29, 1.82) is 0 Å². The first-order valence-corrected chi connectivity index (χ1v) is 12.4. The van der Waals surface area contributed by atoms with Crippen LogP contribution in [0.15, 0.2) is 67.3 Å². The third kappa shape index (κ3) is 4.96. The number of hydrogen-bond donors (Lipinski definition) is 3. The molecule has 0 aliphatic heterocycles. The first-order valence-electron chi connectivity index (χ1n) is 12.4. The number of nitrogens with zero attached hydrogens (tertiary/aromatic N) is 5. The number of imidazole rings is 1. The molecule has 0 spiro atoms. The Morgan fingerprint density at radius 1 is 0.974 bits per heavy atom.